The maximum absolute atomic E-state index is 11.8. The van der Waals surface area contributed by atoms with Gasteiger partial charge in [0, 0.05) is 31.0 Å². The van der Waals surface area contributed by atoms with Gasteiger partial charge in [0.15, 0.2) is 0 Å². The van der Waals surface area contributed by atoms with E-state index < -0.39 is 0 Å². The number of nitrogens with two attached hydrogens (primary N) is 1. The fourth-order valence-electron chi connectivity index (χ4n) is 2.69. The molecule has 0 radical (unpaired) electrons. The highest BCUT2D eigenvalue weighted by molar-refractivity contribution is 5.77. The Bertz CT molecular complexity index is 300. The Morgan fingerprint density at radius 1 is 1.53 bits per heavy atom. The van der Waals surface area contributed by atoms with E-state index in [-0.39, 0.29) is 29.5 Å². The number of ether oxygens (including phenoxy) is 1. The summed E-state index contributed by atoms with van der Waals surface area (Å²) in [4.78, 5) is 11.8. The Kier molecular flexibility index (Phi) is 3.46. The average molecular weight is 240 g/mol. The monoisotopic (exact) mass is 240 g/mol. The van der Waals surface area contributed by atoms with Crippen molar-refractivity contribution in [1.29, 1.82) is 0 Å². The van der Waals surface area contributed by atoms with E-state index in [4.69, 9.17) is 10.5 Å². The van der Waals surface area contributed by atoms with Crippen LogP contribution in [0, 0.1) is 11.3 Å². The quantitative estimate of drug-likeness (QED) is 0.755. The molecule has 3 N–H and O–H groups in total. The van der Waals surface area contributed by atoms with E-state index >= 15 is 0 Å². The predicted molar refractivity (Wildman–Crippen MR) is 66.4 cm³/mol. The number of carbonyl (C=O) groups is 1. The predicted octanol–water partition coefficient (Wildman–Crippen LogP) is 1.04. The highest BCUT2D eigenvalue weighted by Crippen LogP contribution is 2.42. The molecule has 3 unspecified atom stereocenters. The van der Waals surface area contributed by atoms with Crippen LogP contribution < -0.4 is 11.1 Å². The zero-order valence-corrected chi connectivity index (χ0v) is 11.0. The summed E-state index contributed by atoms with van der Waals surface area (Å²) in [6.07, 6.45) is 4.01. The number of nitrogens with one attached hydrogen (secondary N) is 1. The molecule has 0 aromatic heterocycles. The van der Waals surface area contributed by atoms with Gasteiger partial charge < -0.3 is 15.8 Å². The summed E-state index contributed by atoms with van der Waals surface area (Å²) >= 11 is 0. The van der Waals surface area contributed by atoms with Crippen molar-refractivity contribution in [3.63, 3.8) is 0 Å². The summed E-state index contributed by atoms with van der Waals surface area (Å²) in [5.41, 5.74) is 5.99. The lowest BCUT2D eigenvalue weighted by Crippen LogP contribution is -2.62. The summed E-state index contributed by atoms with van der Waals surface area (Å²) in [6.45, 7) is 4.27. The zero-order chi connectivity index (χ0) is 12.6. The lowest BCUT2D eigenvalue weighted by Gasteiger charge is -2.51. The summed E-state index contributed by atoms with van der Waals surface area (Å²) < 4.78 is 5.37. The molecule has 2 aliphatic rings. The van der Waals surface area contributed by atoms with Gasteiger partial charge in [0.05, 0.1) is 6.10 Å². The molecule has 0 aromatic carbocycles. The number of hydrogen-bond donors (Lipinski definition) is 2. The molecule has 0 bridgehead atoms. The first-order chi connectivity index (χ1) is 7.95. The normalized spacial score (nSPS) is 32.7. The maximum Gasteiger partial charge on any atom is 0.221 e. The molecular weight excluding hydrogens is 216 g/mol. The van der Waals surface area contributed by atoms with E-state index in [0.717, 1.165) is 6.42 Å². The third-order valence-corrected chi connectivity index (χ3v) is 4.45. The third kappa shape index (κ3) is 2.63. The summed E-state index contributed by atoms with van der Waals surface area (Å²) in [5, 5.41) is 3.09. The zero-order valence-electron chi connectivity index (χ0n) is 11.0. The van der Waals surface area contributed by atoms with Crippen molar-refractivity contribution in [1.82, 2.24) is 5.32 Å². The van der Waals surface area contributed by atoms with Gasteiger partial charge in [-0.05, 0) is 25.2 Å². The number of rotatable bonds is 5. The van der Waals surface area contributed by atoms with Crippen LogP contribution in [-0.4, -0.2) is 31.2 Å². The second-order valence-corrected chi connectivity index (χ2v) is 6.11. The molecule has 0 aromatic rings. The first-order valence-electron chi connectivity index (χ1n) is 6.53. The molecule has 98 valence electrons. The number of hydrogen-bond acceptors (Lipinski definition) is 3. The third-order valence-electron chi connectivity index (χ3n) is 4.45. The summed E-state index contributed by atoms with van der Waals surface area (Å²) in [5.74, 6) is 0.680. The van der Waals surface area contributed by atoms with E-state index in [9.17, 15) is 4.79 Å². The van der Waals surface area contributed by atoms with Crippen LogP contribution in [0.3, 0.4) is 0 Å². The van der Waals surface area contributed by atoms with E-state index in [2.05, 4.69) is 19.2 Å². The summed E-state index contributed by atoms with van der Waals surface area (Å²) in [7, 11) is 1.73. The van der Waals surface area contributed by atoms with Gasteiger partial charge in [-0.15, -0.1) is 0 Å². The van der Waals surface area contributed by atoms with Gasteiger partial charge in [-0.3, -0.25) is 4.79 Å². The van der Waals surface area contributed by atoms with Crippen molar-refractivity contribution in [3.05, 3.63) is 0 Å². The van der Waals surface area contributed by atoms with Crippen molar-refractivity contribution in [2.75, 3.05) is 7.11 Å². The van der Waals surface area contributed by atoms with Crippen molar-refractivity contribution in [3.8, 4) is 0 Å². The SMILES string of the molecule is COC1CC(NC(=O)CC(N)C2CC2)C1(C)C. The number of carbonyl (C=O) groups excluding carboxylic acids is 1. The Morgan fingerprint density at radius 3 is 2.65 bits per heavy atom. The molecule has 2 rings (SSSR count). The molecule has 0 heterocycles. The van der Waals surface area contributed by atoms with Gasteiger partial charge in [0.2, 0.25) is 5.91 Å². The smallest absolute Gasteiger partial charge is 0.221 e. The van der Waals surface area contributed by atoms with Crippen LogP contribution in [0.25, 0.3) is 0 Å². The van der Waals surface area contributed by atoms with Gasteiger partial charge in [0.25, 0.3) is 0 Å². The molecular formula is C13H24N2O2. The molecule has 2 aliphatic carbocycles. The fraction of sp³-hybridized carbons (Fsp3) is 0.923. The molecule has 0 spiro atoms. The van der Waals surface area contributed by atoms with Crippen molar-refractivity contribution < 1.29 is 9.53 Å². The van der Waals surface area contributed by atoms with E-state index in [1.54, 1.807) is 7.11 Å². The molecule has 0 saturated heterocycles. The highest BCUT2D eigenvalue weighted by Gasteiger charge is 2.49. The van der Waals surface area contributed by atoms with Crippen LogP contribution in [0.2, 0.25) is 0 Å². The Morgan fingerprint density at radius 2 is 2.18 bits per heavy atom. The van der Waals surface area contributed by atoms with Gasteiger partial charge in [0.1, 0.15) is 0 Å². The van der Waals surface area contributed by atoms with E-state index in [1.165, 1.54) is 12.8 Å². The number of methoxy groups -OCH3 is 1. The molecule has 2 saturated carbocycles. The fourth-order valence-corrected chi connectivity index (χ4v) is 2.69. The first-order valence-corrected chi connectivity index (χ1v) is 6.53. The van der Waals surface area contributed by atoms with Crippen LogP contribution in [0.4, 0.5) is 0 Å². The van der Waals surface area contributed by atoms with Crippen molar-refractivity contribution >= 4 is 5.91 Å². The molecule has 17 heavy (non-hydrogen) atoms. The molecule has 1 amide bonds. The molecule has 3 atom stereocenters. The first kappa shape index (κ1) is 12.8. The van der Waals surface area contributed by atoms with Gasteiger partial charge >= 0.3 is 0 Å². The van der Waals surface area contributed by atoms with Gasteiger partial charge in [-0.25, -0.2) is 0 Å². The Labute approximate surface area is 103 Å². The summed E-state index contributed by atoms with van der Waals surface area (Å²) in [6, 6.07) is 0.280. The van der Waals surface area contributed by atoms with E-state index in [1.807, 2.05) is 0 Å². The minimum Gasteiger partial charge on any atom is -0.381 e. The Hall–Kier alpha value is -0.610. The van der Waals surface area contributed by atoms with Crippen molar-refractivity contribution in [2.45, 2.75) is 57.7 Å². The molecule has 2 fully saturated rings. The standard InChI is InChI=1S/C13H24N2O2/c1-13(2)10(7-11(13)17-3)15-12(16)6-9(14)8-4-5-8/h8-11H,4-7,14H2,1-3H3,(H,15,16). The second kappa shape index (κ2) is 4.58. The van der Waals surface area contributed by atoms with E-state index in [0.29, 0.717) is 12.3 Å². The minimum absolute atomic E-state index is 0.0358. The van der Waals surface area contributed by atoms with Crippen LogP contribution >= 0.6 is 0 Å². The molecule has 4 nitrogen and oxygen atoms in total. The van der Waals surface area contributed by atoms with Crippen molar-refractivity contribution in [2.24, 2.45) is 17.1 Å². The van der Waals surface area contributed by atoms with Crippen LogP contribution in [0.15, 0.2) is 0 Å². The van der Waals surface area contributed by atoms with Gasteiger partial charge in [-0.2, -0.15) is 0 Å². The Balaban J connectivity index is 1.76. The van der Waals surface area contributed by atoms with Crippen LogP contribution in [-0.2, 0) is 9.53 Å². The van der Waals surface area contributed by atoms with Crippen LogP contribution in [0.1, 0.15) is 39.5 Å². The second-order valence-electron chi connectivity index (χ2n) is 6.11. The molecule has 0 aliphatic heterocycles. The maximum atomic E-state index is 11.8. The lowest BCUT2D eigenvalue weighted by molar-refractivity contribution is -0.133. The highest BCUT2D eigenvalue weighted by atomic mass is 16.5. The minimum atomic E-state index is 0.0358. The largest absolute Gasteiger partial charge is 0.381 e. The number of amides is 1. The van der Waals surface area contributed by atoms with Gasteiger partial charge in [-0.1, -0.05) is 13.8 Å². The topological polar surface area (TPSA) is 64.3 Å². The molecule has 4 heteroatoms. The van der Waals surface area contributed by atoms with Crippen LogP contribution in [0.5, 0.6) is 0 Å². The average Bonchev–Trinajstić information content (AvgIpc) is 3.07. The lowest BCUT2D eigenvalue weighted by atomic mass is 9.64.